The lowest BCUT2D eigenvalue weighted by atomic mass is 10.1. The van der Waals surface area contributed by atoms with Crippen LogP contribution in [0.25, 0.3) is 0 Å². The fourth-order valence-corrected chi connectivity index (χ4v) is 1.77. The molecule has 3 heteroatoms. The molecule has 0 rings (SSSR count). The topological polar surface area (TPSA) is 26.3 Å². The van der Waals surface area contributed by atoms with Crippen molar-refractivity contribution in [3.8, 4) is 0 Å². The summed E-state index contributed by atoms with van der Waals surface area (Å²) in [6, 6.07) is 0. The Kier molecular flexibility index (Phi) is 7.40. The average Bonchev–Trinajstić information content (AvgIpc) is 2.04. The van der Waals surface area contributed by atoms with Gasteiger partial charge in [-0.2, -0.15) is 0 Å². The third-order valence-electron chi connectivity index (χ3n) is 2.06. The molecule has 0 spiro atoms. The molecule has 0 aromatic heterocycles. The highest BCUT2D eigenvalue weighted by Gasteiger charge is 2.10. The number of unbranched alkanes of at least 4 members (excludes halogenated alkanes) is 3. The molecule has 12 heavy (non-hydrogen) atoms. The highest BCUT2D eigenvalue weighted by Crippen LogP contribution is 2.07. The number of hydrogen-bond donors (Lipinski definition) is 0. The van der Waals surface area contributed by atoms with Crippen LogP contribution in [-0.2, 0) is 9.53 Å². The van der Waals surface area contributed by atoms with Crippen LogP contribution in [0.5, 0.6) is 0 Å². The highest BCUT2D eigenvalue weighted by molar-refractivity contribution is 6.58. The minimum Gasteiger partial charge on any atom is -0.374 e. The van der Waals surface area contributed by atoms with Gasteiger partial charge in [-0.25, -0.2) is 0 Å². The van der Waals surface area contributed by atoms with Crippen molar-refractivity contribution >= 4 is 15.6 Å². The smallest absolute Gasteiger partial charge is 0.128 e. The summed E-state index contributed by atoms with van der Waals surface area (Å²) in [5, 5.41) is 0.286. The van der Waals surface area contributed by atoms with Gasteiger partial charge in [-0.1, -0.05) is 32.6 Å². The second kappa shape index (κ2) is 7.49. The maximum atomic E-state index is 11.0. The van der Waals surface area contributed by atoms with Crippen molar-refractivity contribution in [3.63, 3.8) is 0 Å². The lowest BCUT2D eigenvalue weighted by molar-refractivity contribution is -0.121. The highest BCUT2D eigenvalue weighted by atomic mass is 28.1. The summed E-state index contributed by atoms with van der Waals surface area (Å²) in [4.78, 5) is 11.0. The third kappa shape index (κ3) is 5.49. The first kappa shape index (κ1) is 11.8. The quantitative estimate of drug-likeness (QED) is 0.438. The van der Waals surface area contributed by atoms with Crippen LogP contribution in [-0.4, -0.2) is 28.9 Å². The SMILES string of the molecule is CCCCCCC(OC)C(=O)[SiH3]. The molecular weight excluding hydrogens is 168 g/mol. The van der Waals surface area contributed by atoms with E-state index in [1.165, 1.54) is 19.3 Å². The maximum absolute atomic E-state index is 11.0. The Balaban J connectivity index is 3.38. The van der Waals surface area contributed by atoms with E-state index in [9.17, 15) is 4.79 Å². The number of ether oxygens (including phenoxy) is 1. The zero-order valence-electron chi connectivity index (χ0n) is 8.43. The standard InChI is InChI=1S/C9H20O2Si/c1-3-4-5-6-7-8(11-2)9(10)12/h8H,3-7H2,1-2,12H3. The number of carbonyl (C=O) groups excluding carboxylic acids is 1. The van der Waals surface area contributed by atoms with Gasteiger partial charge in [0.15, 0.2) is 0 Å². The molecule has 0 aromatic rings. The molecule has 0 saturated heterocycles. The van der Waals surface area contributed by atoms with Crippen LogP contribution in [0.15, 0.2) is 0 Å². The van der Waals surface area contributed by atoms with E-state index in [1.54, 1.807) is 7.11 Å². The minimum absolute atomic E-state index is 0.103. The molecule has 1 unspecified atom stereocenters. The van der Waals surface area contributed by atoms with Crippen LogP contribution < -0.4 is 0 Å². The van der Waals surface area contributed by atoms with Crippen LogP contribution >= 0.6 is 0 Å². The van der Waals surface area contributed by atoms with Crippen LogP contribution in [0, 0.1) is 0 Å². The van der Waals surface area contributed by atoms with E-state index in [1.807, 2.05) is 0 Å². The van der Waals surface area contributed by atoms with E-state index in [0.717, 1.165) is 12.8 Å². The summed E-state index contributed by atoms with van der Waals surface area (Å²) in [6.07, 6.45) is 5.68. The molecule has 1 atom stereocenters. The number of hydrogen-bond acceptors (Lipinski definition) is 2. The molecular formula is C9H20O2Si. The Morgan fingerprint density at radius 3 is 2.50 bits per heavy atom. The number of methoxy groups -OCH3 is 1. The molecule has 0 N–H and O–H groups in total. The van der Waals surface area contributed by atoms with Crippen molar-refractivity contribution in [2.75, 3.05) is 7.11 Å². The molecule has 0 fully saturated rings. The lowest BCUT2D eigenvalue weighted by Crippen LogP contribution is -2.22. The van der Waals surface area contributed by atoms with E-state index in [0.29, 0.717) is 10.2 Å². The molecule has 0 amide bonds. The van der Waals surface area contributed by atoms with Crippen molar-refractivity contribution in [1.82, 2.24) is 0 Å². The largest absolute Gasteiger partial charge is 0.374 e. The molecule has 0 aliphatic carbocycles. The maximum Gasteiger partial charge on any atom is 0.128 e. The Bertz CT molecular complexity index is 126. The number of rotatable bonds is 7. The van der Waals surface area contributed by atoms with Gasteiger partial charge >= 0.3 is 0 Å². The summed E-state index contributed by atoms with van der Waals surface area (Å²) >= 11 is 0. The molecule has 0 saturated carbocycles. The van der Waals surface area contributed by atoms with Gasteiger partial charge in [-0.3, -0.25) is 0 Å². The summed E-state index contributed by atoms with van der Waals surface area (Å²) in [6.45, 7) is 2.19. The second-order valence-electron chi connectivity index (χ2n) is 3.18. The zero-order valence-corrected chi connectivity index (χ0v) is 10.4. The van der Waals surface area contributed by atoms with E-state index in [4.69, 9.17) is 4.74 Å². The van der Waals surface area contributed by atoms with Crippen molar-refractivity contribution in [1.29, 1.82) is 0 Å². The van der Waals surface area contributed by atoms with Crippen LogP contribution in [0.4, 0.5) is 0 Å². The first-order valence-corrected chi connectivity index (χ1v) is 5.75. The Labute approximate surface area is 78.1 Å². The lowest BCUT2D eigenvalue weighted by Gasteiger charge is -2.10. The first-order valence-electron chi connectivity index (χ1n) is 4.75. The summed E-state index contributed by atoms with van der Waals surface area (Å²) in [7, 11) is 2.24. The van der Waals surface area contributed by atoms with Gasteiger partial charge in [0.2, 0.25) is 0 Å². The van der Waals surface area contributed by atoms with Gasteiger partial charge in [0.1, 0.15) is 11.5 Å². The summed E-state index contributed by atoms with van der Waals surface area (Å²) in [5.41, 5.74) is 0. The molecule has 0 heterocycles. The van der Waals surface area contributed by atoms with Gasteiger partial charge < -0.3 is 9.53 Å². The molecule has 0 aliphatic heterocycles. The van der Waals surface area contributed by atoms with E-state index in [-0.39, 0.29) is 11.5 Å². The fraction of sp³-hybridized carbons (Fsp3) is 0.889. The Morgan fingerprint density at radius 1 is 1.42 bits per heavy atom. The van der Waals surface area contributed by atoms with Crippen LogP contribution in [0.3, 0.4) is 0 Å². The molecule has 0 bridgehead atoms. The number of carbonyl (C=O) groups is 1. The first-order chi connectivity index (χ1) is 5.72. The Hall–Kier alpha value is -0.153. The monoisotopic (exact) mass is 188 g/mol. The van der Waals surface area contributed by atoms with E-state index in [2.05, 4.69) is 6.92 Å². The predicted molar refractivity (Wildman–Crippen MR) is 54.5 cm³/mol. The molecule has 72 valence electrons. The van der Waals surface area contributed by atoms with Gasteiger partial charge in [0.05, 0.1) is 10.2 Å². The zero-order chi connectivity index (χ0) is 9.40. The molecule has 0 aromatic carbocycles. The van der Waals surface area contributed by atoms with Crippen molar-refractivity contribution < 1.29 is 9.53 Å². The van der Waals surface area contributed by atoms with E-state index < -0.39 is 0 Å². The predicted octanol–water partition coefficient (Wildman–Crippen LogP) is 0.864. The van der Waals surface area contributed by atoms with Crippen LogP contribution in [0.1, 0.15) is 39.0 Å². The van der Waals surface area contributed by atoms with Crippen molar-refractivity contribution in [2.45, 2.75) is 45.1 Å². The van der Waals surface area contributed by atoms with Crippen LogP contribution in [0.2, 0.25) is 0 Å². The Morgan fingerprint density at radius 2 is 2.08 bits per heavy atom. The fourth-order valence-electron chi connectivity index (χ4n) is 1.24. The van der Waals surface area contributed by atoms with Crippen molar-refractivity contribution in [2.24, 2.45) is 0 Å². The third-order valence-corrected chi connectivity index (χ3v) is 2.70. The van der Waals surface area contributed by atoms with Gasteiger partial charge in [0.25, 0.3) is 0 Å². The average molecular weight is 188 g/mol. The second-order valence-corrected chi connectivity index (χ2v) is 4.17. The van der Waals surface area contributed by atoms with E-state index >= 15 is 0 Å². The summed E-state index contributed by atoms with van der Waals surface area (Å²) < 4.78 is 5.08. The van der Waals surface area contributed by atoms with Gasteiger partial charge in [-0.15, -0.1) is 0 Å². The summed E-state index contributed by atoms with van der Waals surface area (Å²) in [5.74, 6) is 0. The molecule has 2 nitrogen and oxygen atoms in total. The van der Waals surface area contributed by atoms with Gasteiger partial charge in [-0.05, 0) is 6.42 Å². The van der Waals surface area contributed by atoms with Gasteiger partial charge in [0, 0.05) is 7.11 Å². The molecule has 0 aliphatic rings. The minimum atomic E-state index is -0.103. The molecule has 0 radical (unpaired) electrons. The van der Waals surface area contributed by atoms with Crippen molar-refractivity contribution in [3.05, 3.63) is 0 Å². The normalized spacial score (nSPS) is 13.2.